The molecule has 2 rings (SSSR count). The van der Waals surface area contributed by atoms with Crippen LogP contribution >= 0.6 is 11.8 Å². The van der Waals surface area contributed by atoms with Gasteiger partial charge in [0.2, 0.25) is 10.0 Å². The molecule has 6 nitrogen and oxygen atoms in total. The lowest BCUT2D eigenvalue weighted by Gasteiger charge is -2.21. The maximum atomic E-state index is 12.8. The van der Waals surface area contributed by atoms with Gasteiger partial charge in [-0.3, -0.25) is 4.79 Å². The summed E-state index contributed by atoms with van der Waals surface area (Å²) >= 11 is 1.55. The van der Waals surface area contributed by atoms with Gasteiger partial charge in [-0.1, -0.05) is 18.2 Å². The predicted octanol–water partition coefficient (Wildman–Crippen LogP) is 4.30. The van der Waals surface area contributed by atoms with Crippen molar-refractivity contribution in [1.29, 1.82) is 0 Å². The van der Waals surface area contributed by atoms with Crippen LogP contribution in [-0.2, 0) is 10.0 Å². The second kappa shape index (κ2) is 9.47. The Bertz CT molecular complexity index is 996. The van der Waals surface area contributed by atoms with Gasteiger partial charge in [-0.25, -0.2) is 13.1 Å². The molecule has 0 aliphatic rings. The summed E-state index contributed by atoms with van der Waals surface area (Å²) in [5.41, 5.74) is 0.185. The van der Waals surface area contributed by atoms with Crippen LogP contribution in [0.25, 0.3) is 0 Å². The molecular formula is C21H26N2O4S2. The molecule has 29 heavy (non-hydrogen) atoms. The van der Waals surface area contributed by atoms with Crippen LogP contribution in [0.1, 0.15) is 31.1 Å². The standard InChI is InChI=1S/C21H26N2O4S2/c1-6-13-28-18-10-8-7-9-16(18)22-20(24)15-11-12-17(27-5)19(14-15)29(25,26)23-21(2,3)4/h6-12,14,23H,1,13H2,2-5H3,(H,22,24). The van der Waals surface area contributed by atoms with Crippen molar-refractivity contribution in [2.45, 2.75) is 36.1 Å². The third kappa shape index (κ3) is 6.35. The first kappa shape index (κ1) is 23.0. The van der Waals surface area contributed by atoms with Crippen LogP contribution in [0.5, 0.6) is 5.75 Å². The molecule has 0 atom stereocenters. The molecule has 8 heteroatoms. The van der Waals surface area contributed by atoms with Gasteiger partial charge in [0, 0.05) is 21.8 Å². The van der Waals surface area contributed by atoms with E-state index >= 15 is 0 Å². The number of carbonyl (C=O) groups excluding carboxylic acids is 1. The number of thioether (sulfide) groups is 1. The second-order valence-electron chi connectivity index (χ2n) is 7.27. The Hall–Kier alpha value is -2.29. The van der Waals surface area contributed by atoms with E-state index in [4.69, 9.17) is 4.74 Å². The summed E-state index contributed by atoms with van der Waals surface area (Å²) in [5.74, 6) is 0.461. The molecule has 0 bridgehead atoms. The number of para-hydroxylation sites is 1. The normalized spacial score (nSPS) is 11.7. The summed E-state index contributed by atoms with van der Waals surface area (Å²) in [6, 6.07) is 11.7. The first-order chi connectivity index (χ1) is 13.6. The van der Waals surface area contributed by atoms with E-state index in [2.05, 4.69) is 16.6 Å². The van der Waals surface area contributed by atoms with Gasteiger partial charge in [0.1, 0.15) is 10.6 Å². The molecule has 156 valence electrons. The lowest BCUT2D eigenvalue weighted by Crippen LogP contribution is -2.40. The van der Waals surface area contributed by atoms with Crippen LogP contribution in [0.3, 0.4) is 0 Å². The van der Waals surface area contributed by atoms with Gasteiger partial charge in [-0.05, 0) is 51.1 Å². The average molecular weight is 435 g/mol. The number of benzene rings is 2. The lowest BCUT2D eigenvalue weighted by molar-refractivity contribution is 0.102. The molecule has 2 N–H and O–H groups in total. The van der Waals surface area contributed by atoms with Crippen LogP contribution < -0.4 is 14.8 Å². The van der Waals surface area contributed by atoms with Gasteiger partial charge in [-0.15, -0.1) is 18.3 Å². The van der Waals surface area contributed by atoms with Crippen molar-refractivity contribution >= 4 is 33.4 Å². The van der Waals surface area contributed by atoms with E-state index in [1.165, 1.54) is 25.3 Å². The maximum Gasteiger partial charge on any atom is 0.255 e. The molecule has 0 radical (unpaired) electrons. The molecular weight excluding hydrogens is 408 g/mol. The van der Waals surface area contributed by atoms with E-state index in [0.29, 0.717) is 11.4 Å². The average Bonchev–Trinajstić information content (AvgIpc) is 2.65. The lowest BCUT2D eigenvalue weighted by atomic mass is 10.1. The van der Waals surface area contributed by atoms with Crippen LogP contribution in [0.2, 0.25) is 0 Å². The third-order valence-corrected chi connectivity index (χ3v) is 6.50. The molecule has 0 aliphatic heterocycles. The zero-order valence-electron chi connectivity index (χ0n) is 17.0. The Kier molecular flexibility index (Phi) is 7.51. The van der Waals surface area contributed by atoms with Crippen LogP contribution in [0.4, 0.5) is 5.69 Å². The highest BCUT2D eigenvalue weighted by Gasteiger charge is 2.26. The summed E-state index contributed by atoms with van der Waals surface area (Å²) in [6.45, 7) is 8.93. The molecule has 0 spiro atoms. The summed E-state index contributed by atoms with van der Waals surface area (Å²) in [6.07, 6.45) is 1.78. The van der Waals surface area contributed by atoms with Gasteiger partial charge in [-0.2, -0.15) is 0 Å². The molecule has 0 aromatic heterocycles. The van der Waals surface area contributed by atoms with Crippen molar-refractivity contribution in [2.75, 3.05) is 18.2 Å². The van der Waals surface area contributed by atoms with Crippen molar-refractivity contribution in [1.82, 2.24) is 4.72 Å². The van der Waals surface area contributed by atoms with E-state index in [9.17, 15) is 13.2 Å². The topological polar surface area (TPSA) is 84.5 Å². The Morgan fingerprint density at radius 1 is 1.21 bits per heavy atom. The van der Waals surface area contributed by atoms with Crippen molar-refractivity contribution in [2.24, 2.45) is 0 Å². The van der Waals surface area contributed by atoms with E-state index < -0.39 is 21.5 Å². The molecule has 2 aromatic carbocycles. The van der Waals surface area contributed by atoms with Gasteiger partial charge in [0.05, 0.1) is 12.8 Å². The molecule has 0 saturated carbocycles. The van der Waals surface area contributed by atoms with E-state index in [0.717, 1.165) is 4.90 Å². The Morgan fingerprint density at radius 3 is 2.52 bits per heavy atom. The van der Waals surface area contributed by atoms with E-state index in [1.54, 1.807) is 44.7 Å². The number of carbonyl (C=O) groups is 1. The van der Waals surface area contributed by atoms with Crippen molar-refractivity contribution in [3.05, 3.63) is 60.7 Å². The summed E-state index contributed by atoms with van der Waals surface area (Å²) < 4.78 is 33.4. The molecule has 1 amide bonds. The minimum atomic E-state index is -3.88. The largest absolute Gasteiger partial charge is 0.495 e. The Morgan fingerprint density at radius 2 is 1.90 bits per heavy atom. The Labute approximate surface area is 176 Å². The molecule has 0 saturated heterocycles. The monoisotopic (exact) mass is 434 g/mol. The summed E-state index contributed by atoms with van der Waals surface area (Å²) in [4.78, 5) is 13.6. The Balaban J connectivity index is 2.37. The van der Waals surface area contributed by atoms with Gasteiger partial charge in [0.25, 0.3) is 5.91 Å². The minimum absolute atomic E-state index is 0.0862. The molecule has 0 aliphatic carbocycles. The first-order valence-corrected chi connectivity index (χ1v) is 11.4. The molecule has 0 unspecified atom stereocenters. The van der Waals surface area contributed by atoms with Crippen LogP contribution in [0.15, 0.2) is 64.9 Å². The van der Waals surface area contributed by atoms with Gasteiger partial charge < -0.3 is 10.1 Å². The first-order valence-electron chi connectivity index (χ1n) is 8.93. The third-order valence-electron chi connectivity index (χ3n) is 3.65. The highest BCUT2D eigenvalue weighted by atomic mass is 32.2. The smallest absolute Gasteiger partial charge is 0.255 e. The molecule has 0 heterocycles. The van der Waals surface area contributed by atoms with Crippen LogP contribution in [0, 0.1) is 0 Å². The highest BCUT2D eigenvalue weighted by Crippen LogP contribution is 2.29. The fourth-order valence-corrected chi connectivity index (χ4v) is 4.89. The number of rotatable bonds is 8. The predicted molar refractivity (Wildman–Crippen MR) is 118 cm³/mol. The quantitative estimate of drug-likeness (QED) is 0.478. The number of amides is 1. The number of sulfonamides is 1. The van der Waals surface area contributed by atoms with Crippen molar-refractivity contribution in [3.63, 3.8) is 0 Å². The highest BCUT2D eigenvalue weighted by molar-refractivity contribution is 7.99. The molecule has 0 fully saturated rings. The van der Waals surface area contributed by atoms with Crippen molar-refractivity contribution < 1.29 is 17.9 Å². The van der Waals surface area contributed by atoms with E-state index in [-0.39, 0.29) is 16.2 Å². The number of ether oxygens (including phenoxy) is 1. The van der Waals surface area contributed by atoms with Gasteiger partial charge in [0.15, 0.2) is 0 Å². The van der Waals surface area contributed by atoms with E-state index in [1.807, 2.05) is 18.2 Å². The zero-order valence-corrected chi connectivity index (χ0v) is 18.6. The maximum absolute atomic E-state index is 12.8. The molecule has 2 aromatic rings. The minimum Gasteiger partial charge on any atom is -0.495 e. The number of anilines is 1. The number of hydrogen-bond acceptors (Lipinski definition) is 5. The fourth-order valence-electron chi connectivity index (χ4n) is 2.52. The second-order valence-corrected chi connectivity index (χ2v) is 9.98. The van der Waals surface area contributed by atoms with Crippen molar-refractivity contribution in [3.8, 4) is 5.75 Å². The number of methoxy groups -OCH3 is 1. The SMILES string of the molecule is C=CCSc1ccccc1NC(=O)c1ccc(OC)c(S(=O)(=O)NC(C)(C)C)c1. The summed E-state index contributed by atoms with van der Waals surface area (Å²) in [5, 5.41) is 2.85. The number of nitrogens with one attached hydrogen (secondary N) is 2. The van der Waals surface area contributed by atoms with Crippen LogP contribution in [-0.4, -0.2) is 32.7 Å². The van der Waals surface area contributed by atoms with Gasteiger partial charge >= 0.3 is 0 Å². The number of hydrogen-bond donors (Lipinski definition) is 2. The zero-order chi connectivity index (χ0) is 21.7. The fraction of sp³-hybridized carbons (Fsp3) is 0.286. The summed E-state index contributed by atoms with van der Waals surface area (Å²) in [7, 11) is -2.49.